The van der Waals surface area contributed by atoms with Crippen molar-refractivity contribution in [1.29, 1.82) is 0 Å². The van der Waals surface area contributed by atoms with Crippen LogP contribution < -0.4 is 14.9 Å². The second kappa shape index (κ2) is 8.96. The number of carbonyl (C=O) groups is 1. The summed E-state index contributed by atoms with van der Waals surface area (Å²) in [5, 5.41) is 69.5. The van der Waals surface area contributed by atoms with Gasteiger partial charge in [0.1, 0.15) is 35.2 Å². The Morgan fingerprint density at radius 3 is 2.29 bits per heavy atom. The van der Waals surface area contributed by atoms with Gasteiger partial charge in [0.25, 0.3) is 0 Å². The third-order valence-corrected chi connectivity index (χ3v) is 5.43. The highest BCUT2D eigenvalue weighted by Crippen LogP contribution is 2.42. The molecule has 0 radical (unpaired) electrons. The number of ether oxygens (including phenoxy) is 3. The molecule has 13 nitrogen and oxygen atoms in total. The highest BCUT2D eigenvalue weighted by molar-refractivity contribution is 5.91. The lowest BCUT2D eigenvalue weighted by Crippen LogP contribution is -2.61. The first-order valence-electron chi connectivity index (χ1n) is 10.0. The number of hydrogen-bond donors (Lipinski definition) is 7. The summed E-state index contributed by atoms with van der Waals surface area (Å²) >= 11 is 0. The minimum Gasteiger partial charge on any atom is -0.507 e. The molecule has 2 heterocycles. The predicted octanol–water partition coefficient (Wildman–Crippen LogP) is -0.144. The lowest BCUT2D eigenvalue weighted by molar-refractivity contribution is -0.271. The summed E-state index contributed by atoms with van der Waals surface area (Å²) in [7, 11) is 1.34. The fourth-order valence-corrected chi connectivity index (χ4v) is 3.64. The molecule has 4 rings (SSSR count). The predicted molar refractivity (Wildman–Crippen MR) is 114 cm³/mol. The monoisotopic (exact) mass is 492 g/mol. The first-order valence-corrected chi connectivity index (χ1v) is 10.0. The van der Waals surface area contributed by atoms with Crippen LogP contribution in [0.15, 0.2) is 39.5 Å². The fourth-order valence-electron chi connectivity index (χ4n) is 3.64. The topological polar surface area (TPSA) is 217 Å². The van der Waals surface area contributed by atoms with Crippen LogP contribution in [0.25, 0.3) is 22.3 Å². The van der Waals surface area contributed by atoms with Gasteiger partial charge in [-0.1, -0.05) is 0 Å². The van der Waals surface area contributed by atoms with E-state index in [1.54, 1.807) is 0 Å². The van der Waals surface area contributed by atoms with Crippen LogP contribution in [-0.2, 0) is 9.53 Å². The average molecular weight is 492 g/mol. The first kappa shape index (κ1) is 24.1. The zero-order chi connectivity index (χ0) is 25.6. The summed E-state index contributed by atoms with van der Waals surface area (Å²) < 4.78 is 21.1. The number of aromatic hydroxyl groups is 3. The van der Waals surface area contributed by atoms with Gasteiger partial charge in [-0.05, 0) is 18.2 Å². The largest absolute Gasteiger partial charge is 0.507 e. The molecule has 0 unspecified atom stereocenters. The molecular weight excluding hydrogens is 472 g/mol. The molecule has 1 aliphatic heterocycles. The van der Waals surface area contributed by atoms with Crippen LogP contribution in [0.4, 0.5) is 0 Å². The van der Waals surface area contributed by atoms with E-state index in [-0.39, 0.29) is 22.8 Å². The van der Waals surface area contributed by atoms with Crippen LogP contribution in [0, 0.1) is 0 Å². The number of carboxylic acid groups (broad SMARTS) is 1. The average Bonchev–Trinajstić information content (AvgIpc) is 2.80. The van der Waals surface area contributed by atoms with Gasteiger partial charge >= 0.3 is 5.97 Å². The van der Waals surface area contributed by atoms with E-state index < -0.39 is 70.3 Å². The number of fused-ring (bicyclic) bond motifs is 1. The Hall–Kier alpha value is -4.04. The number of benzene rings is 2. The van der Waals surface area contributed by atoms with Crippen molar-refractivity contribution in [3.05, 3.63) is 40.6 Å². The van der Waals surface area contributed by atoms with E-state index in [0.29, 0.717) is 0 Å². The number of carboxylic acids is 1. The van der Waals surface area contributed by atoms with E-state index in [2.05, 4.69) is 0 Å². The number of aliphatic carboxylic acids is 1. The van der Waals surface area contributed by atoms with E-state index in [1.165, 1.54) is 25.3 Å². The molecule has 35 heavy (non-hydrogen) atoms. The Kier molecular flexibility index (Phi) is 6.17. The van der Waals surface area contributed by atoms with Gasteiger partial charge < -0.3 is 54.4 Å². The number of hydrogen-bond acceptors (Lipinski definition) is 12. The number of rotatable bonds is 5. The zero-order valence-electron chi connectivity index (χ0n) is 17.9. The molecule has 0 saturated carbocycles. The second-order valence-corrected chi connectivity index (χ2v) is 7.66. The molecule has 1 aromatic heterocycles. The van der Waals surface area contributed by atoms with Gasteiger partial charge in [0, 0.05) is 17.7 Å². The van der Waals surface area contributed by atoms with Crippen molar-refractivity contribution in [1.82, 2.24) is 0 Å². The highest BCUT2D eigenvalue weighted by Gasteiger charge is 2.48. The molecule has 13 heteroatoms. The smallest absolute Gasteiger partial charge is 0.335 e. The maximum atomic E-state index is 12.8. The number of aliphatic hydroxyl groups is 3. The van der Waals surface area contributed by atoms with E-state index in [0.717, 1.165) is 12.1 Å². The summed E-state index contributed by atoms with van der Waals surface area (Å²) in [6.07, 6.45) is -9.89. The summed E-state index contributed by atoms with van der Waals surface area (Å²) in [5.74, 6) is -4.00. The maximum absolute atomic E-state index is 12.8. The van der Waals surface area contributed by atoms with Crippen LogP contribution in [0.5, 0.6) is 28.7 Å². The first-order chi connectivity index (χ1) is 16.5. The number of aliphatic hydroxyl groups excluding tert-OH is 3. The van der Waals surface area contributed by atoms with Gasteiger partial charge in [-0.25, -0.2) is 4.79 Å². The zero-order valence-corrected chi connectivity index (χ0v) is 17.9. The lowest BCUT2D eigenvalue weighted by atomic mass is 9.99. The standard InChI is InChI=1S/C22H20O13/c1-32-12-3-2-7(4-8(12)23)13-6-10(25)14-9(24)5-11(26)18(19(14)33-13)34-22-17(29)15(27)16(28)20(35-22)21(30)31/h2-6,15-17,20,22-24,26-29H,1H3,(H,30,31)/t15-,16-,17+,20-,22+/m0/s1. The Bertz CT molecular complexity index is 1350. The molecule has 2 aromatic carbocycles. The normalized spacial score (nSPS) is 24.3. The van der Waals surface area contributed by atoms with E-state index in [1.807, 2.05) is 0 Å². The quantitative estimate of drug-likeness (QED) is 0.247. The van der Waals surface area contributed by atoms with Crippen molar-refractivity contribution in [3.8, 4) is 40.1 Å². The molecule has 7 N–H and O–H groups in total. The van der Waals surface area contributed by atoms with Gasteiger partial charge in [-0.3, -0.25) is 4.79 Å². The van der Waals surface area contributed by atoms with Crippen LogP contribution >= 0.6 is 0 Å². The van der Waals surface area contributed by atoms with Gasteiger partial charge in [0.05, 0.1) is 7.11 Å². The van der Waals surface area contributed by atoms with Crippen LogP contribution in [0.1, 0.15) is 0 Å². The third-order valence-electron chi connectivity index (χ3n) is 5.43. The van der Waals surface area contributed by atoms with Gasteiger partial charge in [-0.15, -0.1) is 0 Å². The van der Waals surface area contributed by atoms with Crippen LogP contribution in [-0.4, -0.2) is 79.5 Å². The van der Waals surface area contributed by atoms with Crippen molar-refractivity contribution in [2.75, 3.05) is 7.11 Å². The fraction of sp³-hybridized carbons (Fsp3) is 0.273. The van der Waals surface area contributed by atoms with E-state index >= 15 is 0 Å². The van der Waals surface area contributed by atoms with Crippen molar-refractivity contribution in [2.45, 2.75) is 30.7 Å². The molecular formula is C22H20O13. The molecule has 186 valence electrons. The Labute approximate surface area is 195 Å². The van der Waals surface area contributed by atoms with Crippen molar-refractivity contribution < 1.29 is 59.2 Å². The molecule has 0 amide bonds. The van der Waals surface area contributed by atoms with Gasteiger partial charge in [0.15, 0.2) is 34.4 Å². The SMILES string of the molecule is COc1ccc(-c2cc(=O)c3c(O)cc(O)c(O[C@@H]4O[C@H](C(=O)O)[C@@H](O)[C@H](O)[C@H]4O)c3o2)cc1O. The highest BCUT2D eigenvalue weighted by atomic mass is 16.7. The Balaban J connectivity index is 1.84. The van der Waals surface area contributed by atoms with Crippen molar-refractivity contribution in [2.24, 2.45) is 0 Å². The van der Waals surface area contributed by atoms with Gasteiger partial charge in [-0.2, -0.15) is 0 Å². The molecule has 1 saturated heterocycles. The van der Waals surface area contributed by atoms with Crippen LogP contribution in [0.3, 0.4) is 0 Å². The number of phenols is 3. The molecule has 0 aliphatic carbocycles. The number of methoxy groups -OCH3 is 1. The van der Waals surface area contributed by atoms with Crippen molar-refractivity contribution in [3.63, 3.8) is 0 Å². The number of phenolic OH excluding ortho intramolecular Hbond substituents is 3. The third kappa shape index (κ3) is 4.17. The second-order valence-electron chi connectivity index (χ2n) is 7.66. The van der Waals surface area contributed by atoms with Crippen molar-refractivity contribution >= 4 is 16.9 Å². The molecule has 0 bridgehead atoms. The lowest BCUT2D eigenvalue weighted by Gasteiger charge is -2.38. The summed E-state index contributed by atoms with van der Waals surface area (Å²) in [4.78, 5) is 24.1. The van der Waals surface area contributed by atoms with E-state index in [4.69, 9.17) is 18.6 Å². The summed E-state index contributed by atoms with van der Waals surface area (Å²) in [6, 6.07) is 5.85. The molecule has 1 aliphatic rings. The molecule has 3 aromatic rings. The summed E-state index contributed by atoms with van der Waals surface area (Å²) in [5.41, 5.74) is -1.08. The Morgan fingerprint density at radius 1 is 0.943 bits per heavy atom. The van der Waals surface area contributed by atoms with Crippen LogP contribution in [0.2, 0.25) is 0 Å². The molecule has 1 fully saturated rings. The minimum atomic E-state index is -2.00. The van der Waals surface area contributed by atoms with Gasteiger partial charge in [0.2, 0.25) is 12.0 Å². The summed E-state index contributed by atoms with van der Waals surface area (Å²) in [6.45, 7) is 0. The molecule has 0 spiro atoms. The van der Waals surface area contributed by atoms with E-state index in [9.17, 15) is 45.3 Å². The molecule has 5 atom stereocenters. The maximum Gasteiger partial charge on any atom is 0.335 e. The Morgan fingerprint density at radius 2 is 1.66 bits per heavy atom. The minimum absolute atomic E-state index is 0.126.